The Labute approximate surface area is 159 Å². The zero-order chi connectivity index (χ0) is 19.2. The SMILES string of the molecule is CCC[C@@H](CO)Nc1nc(NCc2ccccc2)c2ncn(C(C)C)c2n1. The Bertz CT molecular complexity index is 862. The van der Waals surface area contributed by atoms with Gasteiger partial charge in [0.15, 0.2) is 17.0 Å². The average Bonchev–Trinajstić information content (AvgIpc) is 3.11. The summed E-state index contributed by atoms with van der Waals surface area (Å²) in [5, 5.41) is 16.3. The van der Waals surface area contributed by atoms with Crippen molar-refractivity contribution in [3.63, 3.8) is 0 Å². The molecule has 2 aromatic heterocycles. The molecule has 0 spiro atoms. The Morgan fingerprint density at radius 1 is 1.15 bits per heavy atom. The predicted octanol–water partition coefficient (Wildman–Crippen LogP) is 3.59. The third-order valence-electron chi connectivity index (χ3n) is 4.47. The van der Waals surface area contributed by atoms with Crippen LogP contribution in [0.3, 0.4) is 0 Å². The molecule has 7 nitrogen and oxygen atoms in total. The first-order valence-corrected chi connectivity index (χ1v) is 9.52. The second kappa shape index (κ2) is 8.81. The standard InChI is InChI=1S/C20H28N6O/c1-4-8-16(12-27)23-20-24-18(21-11-15-9-6-5-7-10-15)17-19(25-20)26(13-22-17)14(2)3/h5-7,9-10,13-14,16,27H,4,8,11-12H2,1-3H3,(H2,21,23,24,25)/t16-/m0/s1. The van der Waals surface area contributed by atoms with E-state index in [2.05, 4.69) is 58.5 Å². The third-order valence-corrected chi connectivity index (χ3v) is 4.47. The first kappa shape index (κ1) is 19.1. The number of nitrogens with zero attached hydrogens (tertiary/aromatic N) is 4. The summed E-state index contributed by atoms with van der Waals surface area (Å²) < 4.78 is 2.03. The molecule has 3 aromatic rings. The van der Waals surface area contributed by atoms with E-state index < -0.39 is 0 Å². The molecule has 1 atom stereocenters. The number of hydrogen-bond acceptors (Lipinski definition) is 6. The van der Waals surface area contributed by atoms with E-state index in [-0.39, 0.29) is 18.7 Å². The van der Waals surface area contributed by atoms with Crippen molar-refractivity contribution in [1.29, 1.82) is 0 Å². The molecule has 0 amide bonds. The number of aliphatic hydroxyl groups is 1. The van der Waals surface area contributed by atoms with E-state index in [0.717, 1.165) is 24.0 Å². The molecule has 0 aliphatic rings. The third kappa shape index (κ3) is 4.54. The minimum Gasteiger partial charge on any atom is -0.394 e. The highest BCUT2D eigenvalue weighted by Crippen LogP contribution is 2.24. The molecule has 27 heavy (non-hydrogen) atoms. The first-order valence-electron chi connectivity index (χ1n) is 9.52. The van der Waals surface area contributed by atoms with Crippen LogP contribution < -0.4 is 10.6 Å². The molecule has 0 saturated carbocycles. The fourth-order valence-corrected chi connectivity index (χ4v) is 3.00. The van der Waals surface area contributed by atoms with E-state index >= 15 is 0 Å². The lowest BCUT2D eigenvalue weighted by atomic mass is 10.2. The molecule has 0 bridgehead atoms. The van der Waals surface area contributed by atoms with Gasteiger partial charge in [0, 0.05) is 12.6 Å². The summed E-state index contributed by atoms with van der Waals surface area (Å²) in [7, 11) is 0. The number of aromatic nitrogens is 4. The van der Waals surface area contributed by atoms with Gasteiger partial charge in [-0.25, -0.2) is 4.98 Å². The number of benzene rings is 1. The van der Waals surface area contributed by atoms with Crippen LogP contribution in [0, 0.1) is 0 Å². The highest BCUT2D eigenvalue weighted by atomic mass is 16.3. The number of imidazole rings is 1. The minimum absolute atomic E-state index is 0.0471. The van der Waals surface area contributed by atoms with Crippen LogP contribution in [0.5, 0.6) is 0 Å². The van der Waals surface area contributed by atoms with Crippen molar-refractivity contribution < 1.29 is 5.11 Å². The van der Waals surface area contributed by atoms with E-state index in [0.29, 0.717) is 18.3 Å². The van der Waals surface area contributed by atoms with Gasteiger partial charge in [-0.2, -0.15) is 9.97 Å². The van der Waals surface area contributed by atoms with Gasteiger partial charge >= 0.3 is 0 Å². The maximum Gasteiger partial charge on any atom is 0.227 e. The topological polar surface area (TPSA) is 87.9 Å². The fraction of sp³-hybridized carbons (Fsp3) is 0.450. The van der Waals surface area contributed by atoms with E-state index in [1.807, 2.05) is 22.8 Å². The Hall–Kier alpha value is -2.67. The summed E-state index contributed by atoms with van der Waals surface area (Å²) >= 11 is 0. The summed E-state index contributed by atoms with van der Waals surface area (Å²) in [4.78, 5) is 13.8. The van der Waals surface area contributed by atoms with Crippen molar-refractivity contribution in [2.45, 2.75) is 52.2 Å². The molecule has 0 saturated heterocycles. The fourth-order valence-electron chi connectivity index (χ4n) is 3.00. The Morgan fingerprint density at radius 3 is 2.59 bits per heavy atom. The van der Waals surface area contributed by atoms with E-state index in [4.69, 9.17) is 0 Å². The number of nitrogens with one attached hydrogen (secondary N) is 2. The molecule has 0 unspecified atom stereocenters. The van der Waals surface area contributed by atoms with Crippen molar-refractivity contribution in [3.8, 4) is 0 Å². The van der Waals surface area contributed by atoms with Crippen molar-refractivity contribution in [3.05, 3.63) is 42.2 Å². The highest BCUT2D eigenvalue weighted by molar-refractivity contribution is 5.84. The van der Waals surface area contributed by atoms with Crippen LogP contribution in [-0.4, -0.2) is 37.3 Å². The minimum atomic E-state index is -0.0650. The van der Waals surface area contributed by atoms with Gasteiger partial charge in [0.25, 0.3) is 0 Å². The highest BCUT2D eigenvalue weighted by Gasteiger charge is 2.16. The molecule has 0 aliphatic carbocycles. The quantitative estimate of drug-likeness (QED) is 0.535. The summed E-state index contributed by atoms with van der Waals surface area (Å²) in [5.74, 6) is 1.20. The second-order valence-corrected chi connectivity index (χ2v) is 6.97. The lowest BCUT2D eigenvalue weighted by Crippen LogP contribution is -2.25. The van der Waals surface area contributed by atoms with E-state index in [9.17, 15) is 5.11 Å². The summed E-state index contributed by atoms with van der Waals surface area (Å²) in [6.07, 6.45) is 3.63. The molecule has 0 radical (unpaired) electrons. The van der Waals surface area contributed by atoms with Crippen LogP contribution in [0.25, 0.3) is 11.2 Å². The van der Waals surface area contributed by atoms with Gasteiger partial charge in [-0.1, -0.05) is 43.7 Å². The zero-order valence-corrected chi connectivity index (χ0v) is 16.2. The van der Waals surface area contributed by atoms with Crippen molar-refractivity contribution >= 4 is 22.9 Å². The van der Waals surface area contributed by atoms with E-state index in [1.165, 1.54) is 5.56 Å². The van der Waals surface area contributed by atoms with Crippen molar-refractivity contribution in [2.75, 3.05) is 17.2 Å². The summed E-state index contributed by atoms with van der Waals surface area (Å²) in [6, 6.07) is 10.4. The molecule has 0 fully saturated rings. The molecule has 7 heteroatoms. The largest absolute Gasteiger partial charge is 0.394 e. The molecule has 1 aromatic carbocycles. The van der Waals surface area contributed by atoms with Gasteiger partial charge in [0.2, 0.25) is 5.95 Å². The second-order valence-electron chi connectivity index (χ2n) is 6.97. The maximum atomic E-state index is 9.60. The number of fused-ring (bicyclic) bond motifs is 1. The van der Waals surface area contributed by atoms with Crippen LogP contribution in [0.1, 0.15) is 45.2 Å². The van der Waals surface area contributed by atoms with Crippen molar-refractivity contribution in [2.24, 2.45) is 0 Å². The van der Waals surface area contributed by atoms with Crippen molar-refractivity contribution in [1.82, 2.24) is 19.5 Å². The predicted molar refractivity (Wildman–Crippen MR) is 109 cm³/mol. The number of rotatable bonds is 9. The normalized spacial score (nSPS) is 12.5. The molecule has 3 rings (SSSR count). The molecule has 144 valence electrons. The summed E-state index contributed by atoms with van der Waals surface area (Å²) in [6.45, 7) is 6.99. The first-order chi connectivity index (χ1) is 13.1. The van der Waals surface area contributed by atoms with Gasteiger partial charge in [0.1, 0.15) is 0 Å². The Balaban J connectivity index is 1.94. The molecule has 0 aliphatic heterocycles. The van der Waals surface area contributed by atoms with Crippen LogP contribution in [0.15, 0.2) is 36.7 Å². The van der Waals surface area contributed by atoms with Gasteiger partial charge in [-0.3, -0.25) is 0 Å². The lowest BCUT2D eigenvalue weighted by Gasteiger charge is -2.17. The smallest absolute Gasteiger partial charge is 0.227 e. The molecular weight excluding hydrogens is 340 g/mol. The Morgan fingerprint density at radius 2 is 1.93 bits per heavy atom. The number of aliphatic hydroxyl groups excluding tert-OH is 1. The van der Waals surface area contributed by atoms with Gasteiger partial charge in [-0.05, 0) is 25.8 Å². The van der Waals surface area contributed by atoms with Gasteiger partial charge in [0.05, 0.1) is 19.0 Å². The molecule has 3 N–H and O–H groups in total. The average molecular weight is 368 g/mol. The van der Waals surface area contributed by atoms with Gasteiger partial charge < -0.3 is 20.3 Å². The van der Waals surface area contributed by atoms with Crippen LogP contribution in [0.4, 0.5) is 11.8 Å². The monoisotopic (exact) mass is 368 g/mol. The lowest BCUT2D eigenvalue weighted by molar-refractivity contribution is 0.268. The zero-order valence-electron chi connectivity index (χ0n) is 16.2. The maximum absolute atomic E-state index is 9.60. The van der Waals surface area contributed by atoms with Gasteiger partial charge in [-0.15, -0.1) is 0 Å². The number of hydrogen-bond donors (Lipinski definition) is 3. The molecule has 2 heterocycles. The number of anilines is 2. The van der Waals surface area contributed by atoms with Crippen LogP contribution >= 0.6 is 0 Å². The Kier molecular flexibility index (Phi) is 6.24. The summed E-state index contributed by atoms with van der Waals surface area (Å²) in [5.41, 5.74) is 2.70. The van der Waals surface area contributed by atoms with Crippen LogP contribution in [-0.2, 0) is 6.54 Å². The van der Waals surface area contributed by atoms with Crippen LogP contribution in [0.2, 0.25) is 0 Å². The molecular formula is C20H28N6O. The van der Waals surface area contributed by atoms with E-state index in [1.54, 1.807) is 6.33 Å².